The highest BCUT2D eigenvalue weighted by atomic mass is 35.5. The van der Waals surface area contributed by atoms with E-state index in [9.17, 15) is 9.59 Å². The van der Waals surface area contributed by atoms with Gasteiger partial charge in [-0.15, -0.1) is 11.3 Å². The predicted molar refractivity (Wildman–Crippen MR) is 111 cm³/mol. The quantitative estimate of drug-likeness (QED) is 0.626. The van der Waals surface area contributed by atoms with Crippen LogP contribution in [-0.4, -0.2) is 23.9 Å². The summed E-state index contributed by atoms with van der Waals surface area (Å²) in [5.41, 5.74) is 2.98. The van der Waals surface area contributed by atoms with Crippen LogP contribution in [0, 0.1) is 0 Å². The third-order valence-corrected chi connectivity index (χ3v) is 4.98. The van der Waals surface area contributed by atoms with Gasteiger partial charge in [0.05, 0.1) is 17.8 Å². The van der Waals surface area contributed by atoms with Gasteiger partial charge in [-0.1, -0.05) is 23.7 Å². The van der Waals surface area contributed by atoms with Crippen molar-refractivity contribution in [3.63, 3.8) is 0 Å². The normalized spacial score (nSPS) is 10.4. The number of anilines is 1. The Kier molecular flexibility index (Phi) is 6.28. The van der Waals surface area contributed by atoms with Gasteiger partial charge in [-0.05, 0) is 35.9 Å². The fourth-order valence-electron chi connectivity index (χ4n) is 2.46. The van der Waals surface area contributed by atoms with Gasteiger partial charge in [0.1, 0.15) is 5.75 Å². The van der Waals surface area contributed by atoms with Crippen molar-refractivity contribution in [3.05, 3.63) is 64.0 Å². The molecule has 2 amide bonds. The largest absolute Gasteiger partial charge is 0.495 e. The number of amides is 2. The minimum atomic E-state index is -0.250. The molecule has 0 fully saturated rings. The molecule has 0 spiro atoms. The van der Waals surface area contributed by atoms with Crippen molar-refractivity contribution < 1.29 is 14.3 Å². The molecule has 0 radical (unpaired) electrons. The molecule has 0 saturated carbocycles. The van der Waals surface area contributed by atoms with Gasteiger partial charge in [0, 0.05) is 30.0 Å². The molecule has 0 atom stereocenters. The first kappa shape index (κ1) is 19.9. The number of carbonyl (C=O) groups is 2. The van der Waals surface area contributed by atoms with E-state index in [1.807, 2.05) is 11.4 Å². The van der Waals surface area contributed by atoms with Gasteiger partial charge in [-0.25, -0.2) is 4.98 Å². The van der Waals surface area contributed by atoms with Crippen LogP contribution in [0.1, 0.15) is 22.8 Å². The summed E-state index contributed by atoms with van der Waals surface area (Å²) in [6.45, 7) is 1.89. The van der Waals surface area contributed by atoms with E-state index < -0.39 is 0 Å². The Morgan fingerprint density at radius 3 is 2.57 bits per heavy atom. The van der Waals surface area contributed by atoms with Crippen LogP contribution in [0.3, 0.4) is 0 Å². The lowest BCUT2D eigenvalue weighted by Gasteiger charge is -2.05. The molecule has 2 N–H and O–H groups in total. The maximum Gasteiger partial charge on any atom is 0.257 e. The van der Waals surface area contributed by atoms with E-state index in [0.717, 1.165) is 16.8 Å². The second-order valence-electron chi connectivity index (χ2n) is 5.95. The molecule has 0 aliphatic heterocycles. The number of carbonyl (C=O) groups excluding carboxylic acids is 2. The molecule has 1 heterocycles. The predicted octanol–water partition coefficient (Wildman–Crippen LogP) is 4.36. The molecule has 2 aromatic carbocycles. The molecule has 3 rings (SSSR count). The topological polar surface area (TPSA) is 80.3 Å². The highest BCUT2D eigenvalue weighted by Gasteiger charge is 2.11. The Morgan fingerprint density at radius 1 is 1.18 bits per heavy atom. The average molecular weight is 416 g/mol. The lowest BCUT2D eigenvalue weighted by Crippen LogP contribution is -2.19. The zero-order valence-electron chi connectivity index (χ0n) is 15.3. The number of nitrogens with one attached hydrogen (secondary N) is 2. The molecule has 0 bridgehead atoms. The zero-order chi connectivity index (χ0) is 20.1. The Morgan fingerprint density at radius 2 is 1.93 bits per heavy atom. The fourth-order valence-corrected chi connectivity index (χ4v) is 3.43. The maximum atomic E-state index is 12.4. The number of ether oxygens (including phenoxy) is 1. The van der Waals surface area contributed by atoms with Gasteiger partial charge >= 0.3 is 0 Å². The Bertz CT molecular complexity index is 1000. The van der Waals surface area contributed by atoms with Crippen LogP contribution in [0.25, 0.3) is 11.3 Å². The third kappa shape index (κ3) is 4.88. The molecule has 0 unspecified atom stereocenters. The molecular weight excluding hydrogens is 398 g/mol. The molecule has 6 nitrogen and oxygen atoms in total. The Labute approximate surface area is 171 Å². The summed E-state index contributed by atoms with van der Waals surface area (Å²) in [6, 6.07) is 12.4. The highest BCUT2D eigenvalue weighted by Crippen LogP contribution is 2.31. The summed E-state index contributed by atoms with van der Waals surface area (Å²) in [6.07, 6.45) is 0. The van der Waals surface area contributed by atoms with Gasteiger partial charge in [-0.3, -0.25) is 14.9 Å². The summed E-state index contributed by atoms with van der Waals surface area (Å²) < 4.78 is 5.15. The number of nitrogens with zero attached hydrogens (tertiary/aromatic N) is 1. The Hall–Kier alpha value is -2.90. The monoisotopic (exact) mass is 415 g/mol. The van der Waals surface area contributed by atoms with Crippen LogP contribution in [-0.2, 0) is 11.3 Å². The van der Waals surface area contributed by atoms with Crippen molar-refractivity contribution in [1.29, 1.82) is 0 Å². The number of halogens is 1. The molecule has 0 aliphatic rings. The van der Waals surface area contributed by atoms with Gasteiger partial charge in [0.25, 0.3) is 5.91 Å². The first-order chi connectivity index (χ1) is 13.5. The van der Waals surface area contributed by atoms with Gasteiger partial charge < -0.3 is 10.1 Å². The van der Waals surface area contributed by atoms with Crippen molar-refractivity contribution in [2.45, 2.75) is 13.5 Å². The van der Waals surface area contributed by atoms with Crippen LogP contribution < -0.4 is 15.4 Å². The molecule has 28 heavy (non-hydrogen) atoms. The van der Waals surface area contributed by atoms with Crippen molar-refractivity contribution in [2.75, 3.05) is 12.4 Å². The number of hydrogen-bond donors (Lipinski definition) is 2. The van der Waals surface area contributed by atoms with Crippen molar-refractivity contribution in [2.24, 2.45) is 0 Å². The van der Waals surface area contributed by atoms with Crippen LogP contribution in [0.5, 0.6) is 5.75 Å². The van der Waals surface area contributed by atoms with E-state index in [1.165, 1.54) is 18.3 Å². The minimum absolute atomic E-state index is 0.0976. The van der Waals surface area contributed by atoms with Gasteiger partial charge in [0.2, 0.25) is 5.91 Å². The third-order valence-electron chi connectivity index (χ3n) is 3.93. The summed E-state index contributed by atoms with van der Waals surface area (Å²) in [7, 11) is 1.56. The summed E-state index contributed by atoms with van der Waals surface area (Å²) in [5.74, 6) is 0.246. The summed E-state index contributed by atoms with van der Waals surface area (Å²) in [5, 5.41) is 8.36. The molecule has 8 heteroatoms. The molecular formula is C20H18ClN3O3S. The SMILES string of the molecule is COc1ccc(-c2csc(NC(=O)c3ccc(CNC(C)=O)cc3)n2)cc1Cl. The zero-order valence-corrected chi connectivity index (χ0v) is 16.9. The number of rotatable bonds is 6. The minimum Gasteiger partial charge on any atom is -0.495 e. The van der Waals surface area contributed by atoms with Gasteiger partial charge in [-0.2, -0.15) is 0 Å². The van der Waals surface area contributed by atoms with Crippen molar-refractivity contribution in [3.8, 4) is 17.0 Å². The molecule has 3 aromatic rings. The molecule has 144 valence electrons. The van der Waals surface area contributed by atoms with E-state index in [1.54, 1.807) is 43.5 Å². The average Bonchev–Trinajstić information content (AvgIpc) is 3.15. The molecule has 1 aromatic heterocycles. The highest BCUT2D eigenvalue weighted by molar-refractivity contribution is 7.14. The van der Waals surface area contributed by atoms with Gasteiger partial charge in [0.15, 0.2) is 5.13 Å². The smallest absolute Gasteiger partial charge is 0.257 e. The number of aromatic nitrogens is 1. The second kappa shape index (κ2) is 8.86. The van der Waals surface area contributed by atoms with Crippen molar-refractivity contribution >= 4 is 39.9 Å². The molecule has 0 aliphatic carbocycles. The first-order valence-electron chi connectivity index (χ1n) is 8.40. The van der Waals surface area contributed by atoms with E-state index in [4.69, 9.17) is 16.3 Å². The van der Waals surface area contributed by atoms with Crippen LogP contribution in [0.4, 0.5) is 5.13 Å². The first-order valence-corrected chi connectivity index (χ1v) is 9.66. The summed E-state index contributed by atoms with van der Waals surface area (Å²) >= 11 is 7.49. The number of hydrogen-bond acceptors (Lipinski definition) is 5. The van der Waals surface area contributed by atoms with E-state index >= 15 is 0 Å². The van der Waals surface area contributed by atoms with Crippen molar-refractivity contribution in [1.82, 2.24) is 10.3 Å². The second-order valence-corrected chi connectivity index (χ2v) is 7.21. The fraction of sp³-hybridized carbons (Fsp3) is 0.150. The number of benzene rings is 2. The lowest BCUT2D eigenvalue weighted by molar-refractivity contribution is -0.119. The standard InChI is InChI=1S/C20H18ClN3O3S/c1-12(25)22-10-13-3-5-14(6-4-13)19(26)24-20-23-17(11-28-20)15-7-8-18(27-2)16(21)9-15/h3-9,11H,10H2,1-2H3,(H,22,25)(H,23,24,26). The lowest BCUT2D eigenvalue weighted by atomic mass is 10.1. The Balaban J connectivity index is 1.67. The summed E-state index contributed by atoms with van der Waals surface area (Å²) in [4.78, 5) is 27.8. The number of methoxy groups -OCH3 is 1. The van der Waals surface area contributed by atoms with E-state index in [2.05, 4.69) is 15.6 Å². The maximum absolute atomic E-state index is 12.4. The van der Waals surface area contributed by atoms with Crippen LogP contribution in [0.15, 0.2) is 47.8 Å². The van der Waals surface area contributed by atoms with Crippen LogP contribution >= 0.6 is 22.9 Å². The van der Waals surface area contributed by atoms with Crippen LogP contribution in [0.2, 0.25) is 5.02 Å². The molecule has 0 saturated heterocycles. The number of thiazole rings is 1. The van der Waals surface area contributed by atoms with E-state index in [0.29, 0.717) is 28.0 Å². The van der Waals surface area contributed by atoms with E-state index in [-0.39, 0.29) is 11.8 Å².